The molecular weight excluding hydrogens is 398 g/mol. The van der Waals surface area contributed by atoms with Crippen molar-refractivity contribution in [3.05, 3.63) is 91.1 Å². The van der Waals surface area contributed by atoms with E-state index in [1.807, 2.05) is 48.5 Å². The minimum atomic E-state index is -3.27. The van der Waals surface area contributed by atoms with Crippen molar-refractivity contribution in [3.63, 3.8) is 0 Å². The Morgan fingerprint density at radius 3 is 2.39 bits per heavy atom. The van der Waals surface area contributed by atoms with E-state index in [2.05, 4.69) is 16.6 Å². The normalized spacial score (nSPS) is 11.3. The maximum Gasteiger partial charge on any atom is 0.394 e. The minimum Gasteiger partial charge on any atom is -0.433 e. The molecule has 6 heteroatoms. The van der Waals surface area contributed by atoms with Crippen LogP contribution in [0.4, 0.5) is 19.3 Å². The average Bonchev–Trinajstić information content (AvgIpc) is 3.14. The van der Waals surface area contributed by atoms with Crippen LogP contribution in [0.25, 0.3) is 28.1 Å². The van der Waals surface area contributed by atoms with Gasteiger partial charge in [0, 0.05) is 29.8 Å². The lowest BCUT2D eigenvalue weighted by atomic mass is 9.99. The SMILES string of the molecule is C=Cc1ccccc1-c1cn(C(=O)Nc2ccc(OC(C)(F)F)cc2)c2ccccc12. The molecular formula is C25H20F2N2O2. The molecule has 0 fully saturated rings. The van der Waals surface area contributed by atoms with Gasteiger partial charge >= 0.3 is 12.1 Å². The molecule has 1 heterocycles. The summed E-state index contributed by atoms with van der Waals surface area (Å²) in [6.07, 6.45) is 0.301. The largest absolute Gasteiger partial charge is 0.433 e. The van der Waals surface area contributed by atoms with Crippen molar-refractivity contribution in [1.29, 1.82) is 0 Å². The zero-order chi connectivity index (χ0) is 22.0. The van der Waals surface area contributed by atoms with E-state index in [-0.39, 0.29) is 11.8 Å². The molecule has 0 aliphatic carbocycles. The highest BCUT2D eigenvalue weighted by Crippen LogP contribution is 2.33. The van der Waals surface area contributed by atoms with Crippen LogP contribution in [0.3, 0.4) is 0 Å². The fourth-order valence-corrected chi connectivity index (χ4v) is 3.48. The Morgan fingerprint density at radius 2 is 1.68 bits per heavy atom. The number of nitrogens with one attached hydrogen (secondary N) is 1. The van der Waals surface area contributed by atoms with Crippen LogP contribution in [0, 0.1) is 0 Å². The van der Waals surface area contributed by atoms with Crippen LogP contribution in [-0.4, -0.2) is 16.7 Å². The van der Waals surface area contributed by atoms with Crippen LogP contribution >= 0.6 is 0 Å². The van der Waals surface area contributed by atoms with Gasteiger partial charge < -0.3 is 10.1 Å². The first-order chi connectivity index (χ1) is 14.9. The second-order valence-electron chi connectivity index (χ2n) is 7.09. The lowest BCUT2D eigenvalue weighted by Gasteiger charge is -2.13. The highest BCUT2D eigenvalue weighted by Gasteiger charge is 2.23. The topological polar surface area (TPSA) is 43.3 Å². The van der Waals surface area contributed by atoms with Gasteiger partial charge in [-0.2, -0.15) is 8.78 Å². The number of anilines is 1. The molecule has 31 heavy (non-hydrogen) atoms. The number of nitrogens with zero attached hydrogens (tertiary/aromatic N) is 1. The van der Waals surface area contributed by atoms with Crippen molar-refractivity contribution in [2.75, 3.05) is 5.32 Å². The zero-order valence-corrected chi connectivity index (χ0v) is 16.8. The molecule has 1 amide bonds. The Bertz CT molecular complexity index is 1250. The molecule has 3 aromatic carbocycles. The number of amides is 1. The predicted molar refractivity (Wildman–Crippen MR) is 120 cm³/mol. The predicted octanol–water partition coefficient (Wildman–Crippen LogP) is 7.02. The van der Waals surface area contributed by atoms with Gasteiger partial charge in [-0.1, -0.05) is 55.1 Å². The van der Waals surface area contributed by atoms with Crippen LogP contribution in [-0.2, 0) is 0 Å². The molecule has 1 aromatic heterocycles. The van der Waals surface area contributed by atoms with Gasteiger partial charge in [0.2, 0.25) is 0 Å². The standard InChI is InChI=1S/C25H20F2N2O2/c1-3-17-8-4-5-9-20(17)22-16-29(23-11-7-6-10-21(22)23)24(30)28-18-12-14-19(15-13-18)31-25(2,26)27/h3-16H,1H2,2H3,(H,28,30). The summed E-state index contributed by atoms with van der Waals surface area (Å²) >= 11 is 0. The number of para-hydroxylation sites is 1. The van der Waals surface area contributed by atoms with E-state index in [1.54, 1.807) is 12.3 Å². The molecule has 4 rings (SSSR count). The first-order valence-electron chi connectivity index (χ1n) is 9.66. The first kappa shape index (κ1) is 20.3. The van der Waals surface area contributed by atoms with Gasteiger partial charge in [-0.25, -0.2) is 4.79 Å². The molecule has 0 spiro atoms. The molecule has 0 bridgehead atoms. The molecule has 0 unspecified atom stereocenters. The highest BCUT2D eigenvalue weighted by molar-refractivity contribution is 6.05. The van der Waals surface area contributed by atoms with Gasteiger partial charge in [0.25, 0.3) is 0 Å². The number of carbonyl (C=O) groups is 1. The highest BCUT2D eigenvalue weighted by atomic mass is 19.3. The monoisotopic (exact) mass is 418 g/mol. The Balaban J connectivity index is 1.67. The fourth-order valence-electron chi connectivity index (χ4n) is 3.48. The Labute approximate surface area is 178 Å². The summed E-state index contributed by atoms with van der Waals surface area (Å²) in [4.78, 5) is 13.0. The van der Waals surface area contributed by atoms with Crippen molar-refractivity contribution < 1.29 is 18.3 Å². The Morgan fingerprint density at radius 1 is 1.00 bits per heavy atom. The first-order valence-corrected chi connectivity index (χ1v) is 9.66. The van der Waals surface area contributed by atoms with E-state index < -0.39 is 6.11 Å². The fraction of sp³-hybridized carbons (Fsp3) is 0.0800. The number of hydrogen-bond acceptors (Lipinski definition) is 2. The summed E-state index contributed by atoms with van der Waals surface area (Å²) in [5.74, 6) is 0.0141. The van der Waals surface area contributed by atoms with Crippen LogP contribution in [0.15, 0.2) is 85.6 Å². The maximum atomic E-state index is 13.0. The smallest absolute Gasteiger partial charge is 0.394 e. The quantitative estimate of drug-likeness (QED) is 0.378. The van der Waals surface area contributed by atoms with Crippen LogP contribution in [0.2, 0.25) is 0 Å². The number of carbonyl (C=O) groups excluding carboxylic acids is 1. The number of ether oxygens (including phenoxy) is 1. The summed E-state index contributed by atoms with van der Waals surface area (Å²) in [7, 11) is 0. The van der Waals surface area contributed by atoms with Crippen molar-refractivity contribution in [1.82, 2.24) is 4.57 Å². The molecule has 0 radical (unpaired) electrons. The number of benzene rings is 3. The summed E-state index contributed by atoms with van der Waals surface area (Å²) < 4.78 is 32.0. The van der Waals surface area contributed by atoms with E-state index in [9.17, 15) is 13.6 Å². The molecule has 0 aliphatic rings. The van der Waals surface area contributed by atoms with Crippen LogP contribution < -0.4 is 10.1 Å². The number of halogens is 2. The lowest BCUT2D eigenvalue weighted by molar-refractivity contribution is -0.158. The van der Waals surface area contributed by atoms with Crippen LogP contribution in [0.1, 0.15) is 12.5 Å². The van der Waals surface area contributed by atoms with E-state index in [4.69, 9.17) is 0 Å². The van der Waals surface area contributed by atoms with E-state index in [0.717, 1.165) is 27.6 Å². The van der Waals surface area contributed by atoms with Crippen molar-refractivity contribution >= 4 is 28.7 Å². The van der Waals surface area contributed by atoms with Crippen LogP contribution in [0.5, 0.6) is 5.75 Å². The molecule has 4 aromatic rings. The molecule has 156 valence electrons. The number of hydrogen-bond donors (Lipinski definition) is 1. The Hall–Kier alpha value is -3.93. The molecule has 0 aliphatic heterocycles. The average molecular weight is 418 g/mol. The minimum absolute atomic E-state index is 0.0141. The summed E-state index contributed by atoms with van der Waals surface area (Å²) in [6, 6.07) is 20.9. The third-order valence-corrected chi connectivity index (χ3v) is 4.80. The van der Waals surface area contributed by atoms with Gasteiger partial charge in [-0.05, 0) is 41.5 Å². The molecule has 4 nitrogen and oxygen atoms in total. The molecule has 0 atom stereocenters. The summed E-state index contributed by atoms with van der Waals surface area (Å²) in [5, 5.41) is 3.73. The second kappa shape index (κ2) is 8.07. The van der Waals surface area contributed by atoms with E-state index >= 15 is 0 Å². The number of aromatic nitrogens is 1. The van der Waals surface area contributed by atoms with Crippen molar-refractivity contribution in [2.45, 2.75) is 13.0 Å². The Kier molecular flexibility index (Phi) is 5.29. The zero-order valence-electron chi connectivity index (χ0n) is 16.8. The molecule has 1 N–H and O–H groups in total. The number of rotatable bonds is 5. The molecule has 0 saturated carbocycles. The number of alkyl halides is 2. The van der Waals surface area contributed by atoms with Crippen molar-refractivity contribution in [2.24, 2.45) is 0 Å². The van der Waals surface area contributed by atoms with Gasteiger partial charge in [0.05, 0.1) is 5.52 Å². The van der Waals surface area contributed by atoms with Gasteiger partial charge in [0.15, 0.2) is 0 Å². The third-order valence-electron chi connectivity index (χ3n) is 4.80. The van der Waals surface area contributed by atoms with Crippen molar-refractivity contribution in [3.8, 4) is 16.9 Å². The maximum absolute atomic E-state index is 13.0. The summed E-state index contributed by atoms with van der Waals surface area (Å²) in [6.45, 7) is 4.55. The van der Waals surface area contributed by atoms with Gasteiger partial charge in [-0.15, -0.1) is 0 Å². The van der Waals surface area contributed by atoms with E-state index in [1.165, 1.54) is 28.8 Å². The summed E-state index contributed by atoms with van der Waals surface area (Å²) in [5.41, 5.74) is 4.06. The lowest BCUT2D eigenvalue weighted by Crippen LogP contribution is -2.19. The second-order valence-corrected chi connectivity index (χ2v) is 7.09. The number of fused-ring (bicyclic) bond motifs is 1. The molecule has 0 saturated heterocycles. The van der Waals surface area contributed by atoms with Gasteiger partial charge in [0.1, 0.15) is 5.75 Å². The van der Waals surface area contributed by atoms with E-state index in [0.29, 0.717) is 12.6 Å². The third kappa shape index (κ3) is 4.33. The van der Waals surface area contributed by atoms with Gasteiger partial charge in [-0.3, -0.25) is 4.57 Å².